The monoisotopic (exact) mass is 415 g/mol. The Morgan fingerprint density at radius 3 is 1.93 bits per heavy atom. The van der Waals surface area contributed by atoms with Crippen LogP contribution < -0.4 is 0 Å². The molecule has 0 saturated heterocycles. The summed E-state index contributed by atoms with van der Waals surface area (Å²) in [7, 11) is 3.46. The van der Waals surface area contributed by atoms with Crippen molar-refractivity contribution in [2.45, 2.75) is 25.2 Å². The van der Waals surface area contributed by atoms with E-state index in [9.17, 15) is 22.4 Å². The summed E-state index contributed by atoms with van der Waals surface area (Å²) < 4.78 is 51.2. The van der Waals surface area contributed by atoms with Gasteiger partial charge in [-0.2, -0.15) is 13.2 Å². The topological polar surface area (TPSA) is 66.8 Å². The van der Waals surface area contributed by atoms with Crippen LogP contribution in [-0.4, -0.2) is 42.2 Å². The number of aliphatic carboxylic acids is 1. The Hall–Kier alpha value is -2.94. The SMILES string of the molecule is C[C@H](OC(=O)[C@H](c1ccccc1F)N(C)C)c1ccccc1.O=C(O)C(F)(F)F. The largest absolute Gasteiger partial charge is 0.490 e. The van der Waals surface area contributed by atoms with Crippen LogP contribution in [0.5, 0.6) is 0 Å². The summed E-state index contributed by atoms with van der Waals surface area (Å²) >= 11 is 0. The molecule has 2 rings (SSSR count). The Morgan fingerprint density at radius 1 is 1.00 bits per heavy atom. The zero-order valence-electron chi connectivity index (χ0n) is 16.0. The fourth-order valence-corrected chi connectivity index (χ4v) is 2.34. The highest BCUT2D eigenvalue weighted by Gasteiger charge is 2.38. The first-order valence-electron chi connectivity index (χ1n) is 8.41. The van der Waals surface area contributed by atoms with Gasteiger partial charge in [-0.25, -0.2) is 14.0 Å². The number of alkyl halides is 3. The lowest BCUT2D eigenvalue weighted by Gasteiger charge is -2.25. The number of halogens is 4. The fraction of sp³-hybridized carbons (Fsp3) is 0.300. The van der Waals surface area contributed by atoms with E-state index in [-0.39, 0.29) is 6.10 Å². The normalized spacial score (nSPS) is 13.1. The molecule has 0 saturated carbocycles. The lowest BCUT2D eigenvalue weighted by atomic mass is 10.1. The van der Waals surface area contributed by atoms with Gasteiger partial charge in [-0.3, -0.25) is 4.90 Å². The zero-order valence-corrected chi connectivity index (χ0v) is 16.0. The quantitative estimate of drug-likeness (QED) is 0.580. The summed E-state index contributed by atoms with van der Waals surface area (Å²) in [4.78, 5) is 23.0. The number of carbonyl (C=O) groups is 2. The van der Waals surface area contributed by atoms with Crippen LogP contribution in [0.4, 0.5) is 17.6 Å². The van der Waals surface area contributed by atoms with Crippen molar-refractivity contribution in [1.82, 2.24) is 4.90 Å². The summed E-state index contributed by atoms with van der Waals surface area (Å²) in [6.45, 7) is 1.81. The van der Waals surface area contributed by atoms with E-state index in [2.05, 4.69) is 0 Å². The highest BCUT2D eigenvalue weighted by Crippen LogP contribution is 2.26. The van der Waals surface area contributed by atoms with Crippen molar-refractivity contribution in [2.75, 3.05) is 14.1 Å². The maximum absolute atomic E-state index is 14.0. The zero-order chi connectivity index (χ0) is 22.2. The molecule has 0 bridgehead atoms. The van der Waals surface area contributed by atoms with Gasteiger partial charge < -0.3 is 9.84 Å². The minimum Gasteiger partial charge on any atom is -0.475 e. The van der Waals surface area contributed by atoms with Crippen LogP contribution in [-0.2, 0) is 14.3 Å². The van der Waals surface area contributed by atoms with Crippen LogP contribution in [0.25, 0.3) is 0 Å². The second kappa shape index (κ2) is 10.6. The summed E-state index contributed by atoms with van der Waals surface area (Å²) in [5, 5.41) is 7.12. The van der Waals surface area contributed by atoms with Crippen molar-refractivity contribution in [1.29, 1.82) is 0 Å². The Labute approximate surface area is 165 Å². The van der Waals surface area contributed by atoms with Crippen molar-refractivity contribution in [3.63, 3.8) is 0 Å². The van der Waals surface area contributed by atoms with Gasteiger partial charge in [-0.05, 0) is 32.6 Å². The van der Waals surface area contributed by atoms with Gasteiger partial charge in [0.25, 0.3) is 0 Å². The molecule has 0 radical (unpaired) electrons. The average Bonchev–Trinajstić information content (AvgIpc) is 2.63. The molecule has 0 fully saturated rings. The minimum atomic E-state index is -5.08. The maximum atomic E-state index is 14.0. The Bertz CT molecular complexity index is 810. The third-order valence-corrected chi connectivity index (χ3v) is 3.74. The predicted molar refractivity (Wildman–Crippen MR) is 97.5 cm³/mol. The first kappa shape index (κ1) is 24.1. The molecule has 9 heteroatoms. The van der Waals surface area contributed by atoms with Crippen LogP contribution >= 0.6 is 0 Å². The molecule has 158 valence electrons. The van der Waals surface area contributed by atoms with Crippen LogP contribution in [0.1, 0.15) is 30.2 Å². The molecule has 5 nitrogen and oxygen atoms in total. The molecule has 2 aromatic rings. The second-order valence-electron chi connectivity index (χ2n) is 6.18. The van der Waals surface area contributed by atoms with E-state index in [0.717, 1.165) is 5.56 Å². The Kier molecular flexibility index (Phi) is 8.78. The highest BCUT2D eigenvalue weighted by atomic mass is 19.4. The molecule has 29 heavy (non-hydrogen) atoms. The van der Waals surface area contributed by atoms with E-state index in [4.69, 9.17) is 14.6 Å². The number of likely N-dealkylation sites (N-methyl/N-ethyl adjacent to an activating group) is 1. The standard InChI is InChI=1S/C18H20FNO2.C2HF3O2/c1-13(14-9-5-4-6-10-14)22-18(21)17(20(2)3)15-11-7-8-12-16(15)19;3-2(4,5)1(6)7/h4-13,17H,1-3H3;(H,6,7)/t13-,17-;/m0./s1. The number of carbonyl (C=O) groups excluding carboxylic acids is 1. The van der Waals surface area contributed by atoms with Gasteiger partial charge in [0.2, 0.25) is 0 Å². The van der Waals surface area contributed by atoms with Crippen LogP contribution in [0.2, 0.25) is 0 Å². The summed E-state index contributed by atoms with van der Waals surface area (Å²) in [5.41, 5.74) is 1.22. The first-order valence-corrected chi connectivity index (χ1v) is 8.41. The molecular weight excluding hydrogens is 394 g/mol. The van der Waals surface area contributed by atoms with Gasteiger partial charge >= 0.3 is 18.1 Å². The van der Waals surface area contributed by atoms with Crippen molar-refractivity contribution in [3.05, 3.63) is 71.5 Å². The Morgan fingerprint density at radius 2 is 1.48 bits per heavy atom. The van der Waals surface area contributed by atoms with Crippen LogP contribution in [0.15, 0.2) is 54.6 Å². The summed E-state index contributed by atoms with van der Waals surface area (Å²) in [6, 6.07) is 15.0. The lowest BCUT2D eigenvalue weighted by molar-refractivity contribution is -0.192. The van der Waals surface area contributed by atoms with E-state index in [1.54, 1.807) is 44.1 Å². The molecule has 0 aliphatic rings. The number of ether oxygens (including phenoxy) is 1. The molecule has 0 aromatic heterocycles. The van der Waals surface area contributed by atoms with Crippen LogP contribution in [0.3, 0.4) is 0 Å². The molecule has 0 spiro atoms. The smallest absolute Gasteiger partial charge is 0.475 e. The van der Waals surface area contributed by atoms with E-state index >= 15 is 0 Å². The molecule has 2 atom stereocenters. The number of hydrogen-bond donors (Lipinski definition) is 1. The molecule has 0 unspecified atom stereocenters. The number of carboxylic acid groups (broad SMARTS) is 1. The molecule has 0 aliphatic heterocycles. The number of rotatable bonds is 5. The van der Waals surface area contributed by atoms with Crippen molar-refractivity contribution in [3.8, 4) is 0 Å². The second-order valence-corrected chi connectivity index (χ2v) is 6.18. The molecule has 2 aromatic carbocycles. The van der Waals surface area contributed by atoms with Gasteiger partial charge in [0.15, 0.2) is 0 Å². The summed E-state index contributed by atoms with van der Waals surface area (Å²) in [6.07, 6.45) is -5.47. The number of benzene rings is 2. The summed E-state index contributed by atoms with van der Waals surface area (Å²) in [5.74, 6) is -3.63. The number of carboxylic acids is 1. The number of esters is 1. The average molecular weight is 415 g/mol. The number of nitrogens with zero attached hydrogens (tertiary/aromatic N) is 1. The van der Waals surface area contributed by atoms with Crippen molar-refractivity contribution >= 4 is 11.9 Å². The molecule has 0 heterocycles. The minimum absolute atomic E-state index is 0.317. The van der Waals surface area contributed by atoms with Crippen LogP contribution in [0, 0.1) is 5.82 Å². The number of hydrogen-bond acceptors (Lipinski definition) is 4. The molecule has 0 amide bonds. The third-order valence-electron chi connectivity index (χ3n) is 3.74. The van der Waals surface area contributed by atoms with E-state index in [1.807, 2.05) is 30.3 Å². The highest BCUT2D eigenvalue weighted by molar-refractivity contribution is 5.78. The molecule has 1 N–H and O–H groups in total. The van der Waals surface area contributed by atoms with E-state index in [1.165, 1.54) is 6.07 Å². The Balaban J connectivity index is 0.000000516. The predicted octanol–water partition coefficient (Wildman–Crippen LogP) is 4.37. The fourth-order valence-electron chi connectivity index (χ4n) is 2.34. The lowest BCUT2D eigenvalue weighted by Crippen LogP contribution is -2.30. The van der Waals surface area contributed by atoms with Gasteiger partial charge in [0, 0.05) is 5.56 Å². The molecular formula is C20H21F4NO4. The van der Waals surface area contributed by atoms with E-state index in [0.29, 0.717) is 5.56 Å². The van der Waals surface area contributed by atoms with Gasteiger partial charge in [-0.15, -0.1) is 0 Å². The maximum Gasteiger partial charge on any atom is 0.490 e. The van der Waals surface area contributed by atoms with Gasteiger partial charge in [0.1, 0.15) is 18.0 Å². The van der Waals surface area contributed by atoms with Gasteiger partial charge in [-0.1, -0.05) is 48.5 Å². The van der Waals surface area contributed by atoms with Crippen molar-refractivity contribution in [2.24, 2.45) is 0 Å². The van der Waals surface area contributed by atoms with Crippen molar-refractivity contribution < 1.29 is 37.0 Å². The third kappa shape index (κ3) is 7.53. The first-order chi connectivity index (χ1) is 13.4. The van der Waals surface area contributed by atoms with E-state index < -0.39 is 30.0 Å². The molecule has 0 aliphatic carbocycles. The van der Waals surface area contributed by atoms with Gasteiger partial charge in [0.05, 0.1) is 0 Å².